The Labute approximate surface area is 73.7 Å². The molecule has 0 radical (unpaired) electrons. The van der Waals surface area contributed by atoms with Gasteiger partial charge in [-0.05, 0) is 19.8 Å². The predicted molar refractivity (Wildman–Crippen MR) is 50.0 cm³/mol. The number of rotatable bonds is 3. The zero-order valence-electron chi connectivity index (χ0n) is 7.57. The molecule has 3 nitrogen and oxygen atoms in total. The van der Waals surface area contributed by atoms with Crippen molar-refractivity contribution in [2.45, 2.75) is 25.8 Å². The first-order valence-corrected chi connectivity index (χ1v) is 4.34. The molecule has 12 heavy (non-hydrogen) atoms. The summed E-state index contributed by atoms with van der Waals surface area (Å²) < 4.78 is 5.26. The summed E-state index contributed by atoms with van der Waals surface area (Å²) in [6, 6.07) is 0.479. The number of nitrogens with zero attached hydrogens (tertiary/aromatic N) is 2. The van der Waals surface area contributed by atoms with Gasteiger partial charge in [0.2, 0.25) is 0 Å². The number of allylic oxidation sites excluding steroid dienone is 1. The molecule has 1 aliphatic heterocycles. The highest BCUT2D eigenvalue weighted by atomic mass is 16.5. The Morgan fingerprint density at radius 3 is 2.67 bits per heavy atom. The summed E-state index contributed by atoms with van der Waals surface area (Å²) in [4.78, 5) is 0. The van der Waals surface area contributed by atoms with Crippen molar-refractivity contribution in [3.8, 4) is 0 Å². The first kappa shape index (κ1) is 9.26. The van der Waals surface area contributed by atoms with E-state index in [9.17, 15) is 0 Å². The van der Waals surface area contributed by atoms with Crippen LogP contribution in [0.25, 0.3) is 0 Å². The molecule has 0 amide bonds. The summed E-state index contributed by atoms with van der Waals surface area (Å²) in [6.07, 6.45) is 6.03. The fourth-order valence-corrected chi connectivity index (χ4v) is 1.39. The van der Waals surface area contributed by atoms with Crippen molar-refractivity contribution in [1.82, 2.24) is 5.01 Å². The van der Waals surface area contributed by atoms with E-state index >= 15 is 0 Å². The number of hydrazone groups is 1. The van der Waals surface area contributed by atoms with E-state index in [1.54, 1.807) is 0 Å². The van der Waals surface area contributed by atoms with Crippen LogP contribution in [0.3, 0.4) is 0 Å². The molecule has 1 saturated heterocycles. The van der Waals surface area contributed by atoms with E-state index in [0.717, 1.165) is 26.1 Å². The van der Waals surface area contributed by atoms with E-state index in [1.807, 2.05) is 24.2 Å². The molecule has 1 rings (SSSR count). The van der Waals surface area contributed by atoms with Crippen molar-refractivity contribution >= 4 is 6.72 Å². The van der Waals surface area contributed by atoms with Crippen molar-refractivity contribution < 1.29 is 4.74 Å². The second-order valence-corrected chi connectivity index (χ2v) is 2.85. The topological polar surface area (TPSA) is 24.8 Å². The quantitative estimate of drug-likeness (QED) is 0.472. The fourth-order valence-electron chi connectivity index (χ4n) is 1.39. The van der Waals surface area contributed by atoms with Crippen LogP contribution in [-0.2, 0) is 4.74 Å². The molecule has 0 aromatic heterocycles. The van der Waals surface area contributed by atoms with Gasteiger partial charge in [0.15, 0.2) is 0 Å². The maximum atomic E-state index is 5.26. The summed E-state index contributed by atoms with van der Waals surface area (Å²) in [5.74, 6) is 0. The predicted octanol–water partition coefficient (Wildman–Crippen LogP) is 1.62. The SMILES string of the molecule is C=NN(/C=C\C)C1CCOCC1. The highest BCUT2D eigenvalue weighted by Crippen LogP contribution is 2.14. The Morgan fingerprint density at radius 2 is 2.17 bits per heavy atom. The van der Waals surface area contributed by atoms with Crippen LogP contribution in [0.15, 0.2) is 17.4 Å². The van der Waals surface area contributed by atoms with Crippen LogP contribution in [0.1, 0.15) is 19.8 Å². The molecule has 68 valence electrons. The molecule has 1 fully saturated rings. The zero-order chi connectivity index (χ0) is 8.81. The molecule has 1 aliphatic rings. The van der Waals surface area contributed by atoms with Gasteiger partial charge in [0.1, 0.15) is 0 Å². The van der Waals surface area contributed by atoms with Crippen LogP contribution in [0.2, 0.25) is 0 Å². The molecule has 0 N–H and O–H groups in total. The lowest BCUT2D eigenvalue weighted by molar-refractivity contribution is 0.0505. The van der Waals surface area contributed by atoms with Gasteiger partial charge >= 0.3 is 0 Å². The summed E-state index contributed by atoms with van der Waals surface area (Å²) in [6.45, 7) is 7.21. The van der Waals surface area contributed by atoms with Crippen LogP contribution in [0.4, 0.5) is 0 Å². The van der Waals surface area contributed by atoms with Crippen molar-refractivity contribution in [3.05, 3.63) is 12.3 Å². The first-order chi connectivity index (χ1) is 5.88. The summed E-state index contributed by atoms with van der Waals surface area (Å²) >= 11 is 0. The average Bonchev–Trinajstić information content (AvgIpc) is 2.15. The largest absolute Gasteiger partial charge is 0.381 e. The van der Waals surface area contributed by atoms with Gasteiger partial charge < -0.3 is 4.74 Å². The molecular weight excluding hydrogens is 152 g/mol. The van der Waals surface area contributed by atoms with Crippen LogP contribution < -0.4 is 0 Å². The van der Waals surface area contributed by atoms with E-state index in [4.69, 9.17) is 4.74 Å². The van der Waals surface area contributed by atoms with Gasteiger partial charge in [0.05, 0.1) is 6.04 Å². The molecular formula is C9H16N2O. The maximum Gasteiger partial charge on any atom is 0.0562 e. The Balaban J connectivity index is 2.45. The van der Waals surface area contributed by atoms with Crippen LogP contribution in [0, 0.1) is 0 Å². The maximum absolute atomic E-state index is 5.26. The van der Waals surface area contributed by atoms with Crippen molar-refractivity contribution in [3.63, 3.8) is 0 Å². The van der Waals surface area contributed by atoms with E-state index in [0.29, 0.717) is 6.04 Å². The summed E-state index contributed by atoms with van der Waals surface area (Å²) in [5, 5.41) is 5.86. The Bertz CT molecular complexity index is 162. The fraction of sp³-hybridized carbons (Fsp3) is 0.667. The molecule has 0 unspecified atom stereocenters. The number of ether oxygens (including phenoxy) is 1. The average molecular weight is 168 g/mol. The third-order valence-electron chi connectivity index (χ3n) is 2.03. The number of hydrogen-bond acceptors (Lipinski definition) is 3. The highest BCUT2D eigenvalue weighted by molar-refractivity contribution is 5.23. The molecule has 0 aliphatic carbocycles. The molecule has 0 aromatic rings. The van der Waals surface area contributed by atoms with Crippen LogP contribution >= 0.6 is 0 Å². The van der Waals surface area contributed by atoms with Gasteiger partial charge in [0, 0.05) is 26.1 Å². The third-order valence-corrected chi connectivity index (χ3v) is 2.03. The Morgan fingerprint density at radius 1 is 1.50 bits per heavy atom. The summed E-state index contributed by atoms with van der Waals surface area (Å²) in [5.41, 5.74) is 0. The van der Waals surface area contributed by atoms with Gasteiger partial charge in [-0.3, -0.25) is 5.01 Å². The lowest BCUT2D eigenvalue weighted by Gasteiger charge is -2.29. The minimum absolute atomic E-state index is 0.479. The minimum Gasteiger partial charge on any atom is -0.381 e. The molecule has 0 saturated carbocycles. The van der Waals surface area contributed by atoms with E-state index in [-0.39, 0.29) is 0 Å². The van der Waals surface area contributed by atoms with E-state index in [2.05, 4.69) is 11.8 Å². The Hall–Kier alpha value is -0.830. The van der Waals surface area contributed by atoms with Crippen LogP contribution in [0.5, 0.6) is 0 Å². The standard InChI is InChI=1S/C9H16N2O/c1-3-6-11(10-2)9-4-7-12-8-5-9/h3,6,9H,2,4-5,7-8H2,1H3/b6-3-. The monoisotopic (exact) mass is 168 g/mol. The second-order valence-electron chi connectivity index (χ2n) is 2.85. The van der Waals surface area contributed by atoms with Gasteiger partial charge in [-0.15, -0.1) is 0 Å². The first-order valence-electron chi connectivity index (χ1n) is 4.34. The molecule has 0 aromatic carbocycles. The molecule has 3 heteroatoms. The Kier molecular flexibility index (Phi) is 3.80. The highest BCUT2D eigenvalue weighted by Gasteiger charge is 2.17. The van der Waals surface area contributed by atoms with Crippen molar-refractivity contribution in [1.29, 1.82) is 0 Å². The lowest BCUT2D eigenvalue weighted by Crippen LogP contribution is -2.32. The molecule has 1 heterocycles. The van der Waals surface area contributed by atoms with Crippen LogP contribution in [-0.4, -0.2) is 31.0 Å². The summed E-state index contributed by atoms with van der Waals surface area (Å²) in [7, 11) is 0. The van der Waals surface area contributed by atoms with E-state index < -0.39 is 0 Å². The third kappa shape index (κ3) is 2.34. The molecule has 0 atom stereocenters. The normalized spacial score (nSPS) is 19.8. The van der Waals surface area contributed by atoms with Gasteiger partial charge in [0.25, 0.3) is 0 Å². The second kappa shape index (κ2) is 4.93. The van der Waals surface area contributed by atoms with E-state index in [1.165, 1.54) is 0 Å². The van der Waals surface area contributed by atoms with Crippen molar-refractivity contribution in [2.24, 2.45) is 5.10 Å². The lowest BCUT2D eigenvalue weighted by atomic mass is 10.1. The van der Waals surface area contributed by atoms with Gasteiger partial charge in [-0.1, -0.05) is 6.08 Å². The number of hydrogen-bond donors (Lipinski definition) is 0. The van der Waals surface area contributed by atoms with Gasteiger partial charge in [-0.2, -0.15) is 5.10 Å². The molecule has 0 spiro atoms. The molecule has 0 bridgehead atoms. The minimum atomic E-state index is 0.479. The van der Waals surface area contributed by atoms with Gasteiger partial charge in [-0.25, -0.2) is 0 Å². The smallest absolute Gasteiger partial charge is 0.0562 e. The zero-order valence-corrected chi connectivity index (χ0v) is 7.57. The van der Waals surface area contributed by atoms with Crippen molar-refractivity contribution in [2.75, 3.05) is 13.2 Å².